The molecule has 1 saturated heterocycles. The molecule has 104 valence electrons. The molecule has 1 aromatic carbocycles. The molecule has 0 aliphatic carbocycles. The van der Waals surface area contributed by atoms with Crippen molar-refractivity contribution in [2.75, 3.05) is 19.6 Å². The van der Waals surface area contributed by atoms with Gasteiger partial charge in [-0.25, -0.2) is 0 Å². The molecule has 0 spiro atoms. The van der Waals surface area contributed by atoms with Crippen LogP contribution < -0.4 is 5.73 Å². The normalized spacial score (nSPS) is 24.3. The highest BCUT2D eigenvalue weighted by Gasteiger charge is 2.23. The molecule has 0 amide bonds. The van der Waals surface area contributed by atoms with Gasteiger partial charge in [0.05, 0.1) is 4.92 Å². The van der Waals surface area contributed by atoms with Gasteiger partial charge in [-0.15, -0.1) is 0 Å². The van der Waals surface area contributed by atoms with Gasteiger partial charge in [0.25, 0.3) is 5.69 Å². The Bertz CT molecular complexity index is 450. The van der Waals surface area contributed by atoms with Crippen molar-refractivity contribution in [1.29, 1.82) is 0 Å². The van der Waals surface area contributed by atoms with Crippen LogP contribution in [-0.2, 0) is 6.42 Å². The lowest BCUT2D eigenvalue weighted by molar-refractivity contribution is -0.385. The summed E-state index contributed by atoms with van der Waals surface area (Å²) in [6.07, 6.45) is 1.82. The van der Waals surface area contributed by atoms with Crippen molar-refractivity contribution >= 4 is 5.69 Å². The quantitative estimate of drug-likeness (QED) is 0.664. The van der Waals surface area contributed by atoms with Crippen LogP contribution in [0.3, 0.4) is 0 Å². The molecular weight excluding hydrogens is 242 g/mol. The van der Waals surface area contributed by atoms with E-state index in [0.717, 1.165) is 31.6 Å². The van der Waals surface area contributed by atoms with Crippen LogP contribution >= 0.6 is 0 Å². The van der Waals surface area contributed by atoms with Crippen LogP contribution in [0.15, 0.2) is 24.3 Å². The van der Waals surface area contributed by atoms with Gasteiger partial charge in [0.1, 0.15) is 0 Å². The summed E-state index contributed by atoms with van der Waals surface area (Å²) in [4.78, 5) is 12.9. The van der Waals surface area contributed by atoms with Gasteiger partial charge in [-0.05, 0) is 25.3 Å². The smallest absolute Gasteiger partial charge is 0.272 e. The summed E-state index contributed by atoms with van der Waals surface area (Å²) < 4.78 is 0. The molecule has 0 radical (unpaired) electrons. The largest absolute Gasteiger partial charge is 0.326 e. The van der Waals surface area contributed by atoms with E-state index in [4.69, 9.17) is 5.73 Å². The first kappa shape index (κ1) is 14.0. The standard InChI is InChI=1S/C14H21N3O2/c1-11-6-8-16(10-13(11)15)9-7-12-4-2-3-5-14(12)17(18)19/h2-5,11,13H,6-10,15H2,1H3. The predicted octanol–water partition coefficient (Wildman–Crippen LogP) is 1.81. The van der Waals surface area contributed by atoms with E-state index in [0.29, 0.717) is 12.3 Å². The number of rotatable bonds is 4. The van der Waals surface area contributed by atoms with E-state index in [1.807, 2.05) is 12.1 Å². The van der Waals surface area contributed by atoms with Gasteiger partial charge in [0.15, 0.2) is 0 Å². The minimum atomic E-state index is -0.306. The summed E-state index contributed by atoms with van der Waals surface area (Å²) in [5.41, 5.74) is 7.09. The Labute approximate surface area is 113 Å². The van der Waals surface area contributed by atoms with E-state index in [1.54, 1.807) is 12.1 Å². The Balaban J connectivity index is 1.94. The highest BCUT2D eigenvalue weighted by atomic mass is 16.6. The third kappa shape index (κ3) is 3.52. The van der Waals surface area contributed by atoms with Crippen molar-refractivity contribution in [2.45, 2.75) is 25.8 Å². The lowest BCUT2D eigenvalue weighted by Gasteiger charge is -2.35. The molecule has 0 aromatic heterocycles. The fourth-order valence-electron chi connectivity index (χ4n) is 2.55. The molecular formula is C14H21N3O2. The zero-order valence-electron chi connectivity index (χ0n) is 11.3. The topological polar surface area (TPSA) is 72.4 Å². The molecule has 0 bridgehead atoms. The Kier molecular flexibility index (Phi) is 4.50. The monoisotopic (exact) mass is 263 g/mol. The van der Waals surface area contributed by atoms with E-state index in [9.17, 15) is 10.1 Å². The Hall–Kier alpha value is -1.46. The number of benzene rings is 1. The van der Waals surface area contributed by atoms with Gasteiger partial charge in [-0.3, -0.25) is 10.1 Å². The number of nitro groups is 1. The molecule has 2 atom stereocenters. The van der Waals surface area contributed by atoms with Gasteiger partial charge in [0.2, 0.25) is 0 Å². The third-order valence-electron chi connectivity index (χ3n) is 3.99. The molecule has 1 aliphatic rings. The van der Waals surface area contributed by atoms with Crippen molar-refractivity contribution in [3.63, 3.8) is 0 Å². The number of nitro benzene ring substituents is 1. The van der Waals surface area contributed by atoms with E-state index >= 15 is 0 Å². The summed E-state index contributed by atoms with van der Waals surface area (Å²) in [5.74, 6) is 0.572. The summed E-state index contributed by atoms with van der Waals surface area (Å²) >= 11 is 0. The van der Waals surface area contributed by atoms with Gasteiger partial charge in [-0.2, -0.15) is 0 Å². The molecule has 2 unspecified atom stereocenters. The van der Waals surface area contributed by atoms with E-state index in [-0.39, 0.29) is 16.7 Å². The first-order valence-corrected chi connectivity index (χ1v) is 6.78. The average molecular weight is 263 g/mol. The number of hydrogen-bond donors (Lipinski definition) is 1. The lowest BCUT2D eigenvalue weighted by atomic mass is 9.94. The fraction of sp³-hybridized carbons (Fsp3) is 0.571. The van der Waals surface area contributed by atoms with Crippen LogP contribution in [0, 0.1) is 16.0 Å². The van der Waals surface area contributed by atoms with Gasteiger partial charge >= 0.3 is 0 Å². The summed E-state index contributed by atoms with van der Waals surface area (Å²) in [6.45, 7) is 4.95. The van der Waals surface area contributed by atoms with Gasteiger partial charge < -0.3 is 10.6 Å². The zero-order valence-corrected chi connectivity index (χ0v) is 11.3. The van der Waals surface area contributed by atoms with Crippen molar-refractivity contribution in [3.05, 3.63) is 39.9 Å². The van der Waals surface area contributed by atoms with Crippen LogP contribution in [0.25, 0.3) is 0 Å². The maximum absolute atomic E-state index is 10.9. The molecule has 1 fully saturated rings. The lowest BCUT2D eigenvalue weighted by Crippen LogP contribution is -2.48. The second kappa shape index (κ2) is 6.12. The Morgan fingerprint density at radius 1 is 1.47 bits per heavy atom. The van der Waals surface area contributed by atoms with E-state index in [1.165, 1.54) is 0 Å². The first-order chi connectivity index (χ1) is 9.08. The molecule has 1 aromatic rings. The molecule has 0 saturated carbocycles. The SMILES string of the molecule is CC1CCN(CCc2ccccc2[N+](=O)[O-])CC1N. The second-order valence-corrected chi connectivity index (χ2v) is 5.37. The highest BCUT2D eigenvalue weighted by Crippen LogP contribution is 2.20. The highest BCUT2D eigenvalue weighted by molar-refractivity contribution is 5.39. The maximum atomic E-state index is 10.9. The molecule has 1 heterocycles. The fourth-order valence-corrected chi connectivity index (χ4v) is 2.55. The molecule has 2 N–H and O–H groups in total. The zero-order chi connectivity index (χ0) is 13.8. The van der Waals surface area contributed by atoms with Crippen molar-refractivity contribution in [1.82, 2.24) is 4.90 Å². The van der Waals surface area contributed by atoms with Gasteiger partial charge in [-0.1, -0.05) is 25.1 Å². The average Bonchev–Trinajstić information content (AvgIpc) is 2.40. The van der Waals surface area contributed by atoms with Crippen molar-refractivity contribution in [2.24, 2.45) is 11.7 Å². The van der Waals surface area contributed by atoms with E-state index in [2.05, 4.69) is 11.8 Å². The summed E-state index contributed by atoms with van der Waals surface area (Å²) in [6, 6.07) is 7.19. The van der Waals surface area contributed by atoms with Gasteiger partial charge in [0, 0.05) is 30.8 Å². The number of nitrogens with zero attached hydrogens (tertiary/aromatic N) is 2. The van der Waals surface area contributed by atoms with Crippen LogP contribution in [0.4, 0.5) is 5.69 Å². The van der Waals surface area contributed by atoms with Crippen LogP contribution in [0.2, 0.25) is 0 Å². The Morgan fingerprint density at radius 2 is 2.21 bits per heavy atom. The number of likely N-dealkylation sites (tertiary alicyclic amines) is 1. The number of hydrogen-bond acceptors (Lipinski definition) is 4. The van der Waals surface area contributed by atoms with Crippen LogP contribution in [-0.4, -0.2) is 35.5 Å². The third-order valence-corrected chi connectivity index (χ3v) is 3.99. The second-order valence-electron chi connectivity index (χ2n) is 5.37. The summed E-state index contributed by atoms with van der Waals surface area (Å²) in [5, 5.41) is 10.9. The molecule has 1 aliphatic heterocycles. The minimum absolute atomic E-state index is 0.220. The molecule has 19 heavy (non-hydrogen) atoms. The number of piperidine rings is 1. The van der Waals surface area contributed by atoms with Crippen LogP contribution in [0.1, 0.15) is 18.9 Å². The predicted molar refractivity (Wildman–Crippen MR) is 75.0 cm³/mol. The number of nitrogens with two attached hydrogens (primary N) is 1. The first-order valence-electron chi connectivity index (χ1n) is 6.78. The summed E-state index contributed by atoms with van der Waals surface area (Å²) in [7, 11) is 0. The van der Waals surface area contributed by atoms with Crippen molar-refractivity contribution in [3.8, 4) is 0 Å². The Morgan fingerprint density at radius 3 is 2.89 bits per heavy atom. The molecule has 2 rings (SSSR count). The minimum Gasteiger partial charge on any atom is -0.326 e. The molecule has 5 heteroatoms. The molecule has 5 nitrogen and oxygen atoms in total. The maximum Gasteiger partial charge on any atom is 0.272 e. The van der Waals surface area contributed by atoms with Crippen molar-refractivity contribution < 1.29 is 4.92 Å². The number of para-hydroxylation sites is 1. The van der Waals surface area contributed by atoms with Crippen LogP contribution in [0.5, 0.6) is 0 Å². The van der Waals surface area contributed by atoms with E-state index < -0.39 is 0 Å².